The van der Waals surface area contributed by atoms with E-state index >= 15 is 0 Å². The lowest BCUT2D eigenvalue weighted by atomic mass is 10.0. The Hall–Kier alpha value is -3.02. The van der Waals surface area contributed by atoms with Gasteiger partial charge in [-0.15, -0.1) is 5.10 Å². The monoisotopic (exact) mass is 335 g/mol. The fourth-order valence-electron chi connectivity index (χ4n) is 2.77. The van der Waals surface area contributed by atoms with Gasteiger partial charge in [0.1, 0.15) is 6.33 Å². The van der Waals surface area contributed by atoms with Gasteiger partial charge in [-0.3, -0.25) is 4.79 Å². The predicted molar refractivity (Wildman–Crippen MR) is 94.8 cm³/mol. The average molecular weight is 335 g/mol. The van der Waals surface area contributed by atoms with Gasteiger partial charge in [0, 0.05) is 6.04 Å². The van der Waals surface area contributed by atoms with Crippen LogP contribution in [0.2, 0.25) is 0 Å². The molecule has 1 N–H and O–H groups in total. The van der Waals surface area contributed by atoms with Crippen LogP contribution in [0.15, 0.2) is 67.0 Å². The molecule has 128 valence electrons. The minimum Gasteiger partial charge on any atom is -0.351 e. The minimum absolute atomic E-state index is 0.0513. The zero-order valence-electron chi connectivity index (χ0n) is 14.1. The fraction of sp³-hybridized carbons (Fsp3) is 0.263. The second kappa shape index (κ2) is 8.19. The van der Waals surface area contributed by atoms with Gasteiger partial charge in [0.15, 0.2) is 6.04 Å². The first kappa shape index (κ1) is 16.8. The number of carbonyl (C=O) groups excluding carboxylic acids is 1. The van der Waals surface area contributed by atoms with E-state index in [2.05, 4.69) is 33.0 Å². The van der Waals surface area contributed by atoms with Gasteiger partial charge in [0.2, 0.25) is 5.91 Å². The molecule has 6 nitrogen and oxygen atoms in total. The molecule has 0 saturated carbocycles. The van der Waals surface area contributed by atoms with Gasteiger partial charge in [-0.1, -0.05) is 60.7 Å². The second-order valence-electron chi connectivity index (χ2n) is 6.04. The Labute approximate surface area is 146 Å². The summed E-state index contributed by atoms with van der Waals surface area (Å²) in [5.74, 6) is -0.112. The summed E-state index contributed by atoms with van der Waals surface area (Å²) in [5, 5.41) is 14.3. The van der Waals surface area contributed by atoms with Crippen molar-refractivity contribution < 1.29 is 4.79 Å². The number of benzene rings is 2. The molecule has 0 aliphatic rings. The number of rotatable bonds is 7. The standard InChI is InChI=1S/C19H21N5O/c1-15(12-13-16-8-4-2-5-9-16)21-19(25)18(24-14-20-22-23-24)17-10-6-3-7-11-17/h2-11,14-15,18H,12-13H2,1H3,(H,21,25). The first-order chi connectivity index (χ1) is 12.2. The number of nitrogens with zero attached hydrogens (tertiary/aromatic N) is 4. The third kappa shape index (κ3) is 4.50. The van der Waals surface area contributed by atoms with Gasteiger partial charge in [0.05, 0.1) is 0 Å². The van der Waals surface area contributed by atoms with E-state index in [9.17, 15) is 4.79 Å². The largest absolute Gasteiger partial charge is 0.351 e. The SMILES string of the molecule is CC(CCc1ccccc1)NC(=O)C(c1ccccc1)n1cnnn1. The van der Waals surface area contributed by atoms with Crippen molar-refractivity contribution in [1.82, 2.24) is 25.5 Å². The molecule has 0 aliphatic heterocycles. The number of amides is 1. The number of hydrogen-bond donors (Lipinski definition) is 1. The van der Waals surface area contributed by atoms with Crippen molar-refractivity contribution in [3.05, 3.63) is 78.1 Å². The van der Waals surface area contributed by atoms with Crippen LogP contribution in [0.5, 0.6) is 0 Å². The zero-order chi connectivity index (χ0) is 17.5. The van der Waals surface area contributed by atoms with Gasteiger partial charge in [-0.25, -0.2) is 4.68 Å². The van der Waals surface area contributed by atoms with Gasteiger partial charge in [0.25, 0.3) is 0 Å². The highest BCUT2D eigenvalue weighted by Gasteiger charge is 2.24. The van der Waals surface area contributed by atoms with Crippen LogP contribution >= 0.6 is 0 Å². The molecule has 0 radical (unpaired) electrons. The molecule has 1 heterocycles. The summed E-state index contributed by atoms with van der Waals surface area (Å²) in [6, 6.07) is 19.3. The molecular formula is C19H21N5O. The van der Waals surface area contributed by atoms with Gasteiger partial charge < -0.3 is 5.32 Å². The lowest BCUT2D eigenvalue weighted by Gasteiger charge is -2.20. The summed E-state index contributed by atoms with van der Waals surface area (Å²) in [6.45, 7) is 2.02. The van der Waals surface area contributed by atoms with E-state index in [1.807, 2.05) is 55.5 Å². The summed E-state index contributed by atoms with van der Waals surface area (Å²) in [7, 11) is 0. The number of aryl methyl sites for hydroxylation is 1. The Balaban J connectivity index is 1.66. The Morgan fingerprint density at radius 2 is 1.76 bits per heavy atom. The molecule has 0 saturated heterocycles. The van der Waals surface area contributed by atoms with Crippen LogP contribution in [-0.4, -0.2) is 32.2 Å². The lowest BCUT2D eigenvalue weighted by Crippen LogP contribution is -2.39. The maximum Gasteiger partial charge on any atom is 0.249 e. The van der Waals surface area contributed by atoms with Gasteiger partial charge in [-0.05, 0) is 41.3 Å². The normalized spacial score (nSPS) is 13.2. The lowest BCUT2D eigenvalue weighted by molar-refractivity contribution is -0.124. The number of nitrogens with one attached hydrogen (secondary N) is 1. The highest BCUT2D eigenvalue weighted by Crippen LogP contribution is 2.17. The molecule has 2 atom stereocenters. The molecule has 3 aromatic rings. The second-order valence-corrected chi connectivity index (χ2v) is 6.04. The molecular weight excluding hydrogens is 314 g/mol. The van der Waals surface area contributed by atoms with E-state index in [1.165, 1.54) is 16.6 Å². The topological polar surface area (TPSA) is 72.7 Å². The van der Waals surface area contributed by atoms with Crippen molar-refractivity contribution in [2.75, 3.05) is 0 Å². The molecule has 0 fully saturated rings. The molecule has 1 amide bonds. The molecule has 0 bridgehead atoms. The highest BCUT2D eigenvalue weighted by atomic mass is 16.2. The summed E-state index contributed by atoms with van der Waals surface area (Å²) in [5.41, 5.74) is 2.12. The van der Waals surface area contributed by atoms with Crippen LogP contribution in [0, 0.1) is 0 Å². The van der Waals surface area contributed by atoms with Crippen LogP contribution in [0.4, 0.5) is 0 Å². The van der Waals surface area contributed by atoms with Crippen LogP contribution in [0.25, 0.3) is 0 Å². The van der Waals surface area contributed by atoms with Crippen molar-refractivity contribution >= 4 is 5.91 Å². The molecule has 25 heavy (non-hydrogen) atoms. The van der Waals surface area contributed by atoms with Crippen molar-refractivity contribution in [3.8, 4) is 0 Å². The van der Waals surface area contributed by atoms with E-state index in [0.29, 0.717) is 0 Å². The molecule has 6 heteroatoms. The van der Waals surface area contributed by atoms with E-state index in [1.54, 1.807) is 0 Å². The smallest absolute Gasteiger partial charge is 0.249 e. The third-order valence-corrected chi connectivity index (χ3v) is 4.09. The first-order valence-electron chi connectivity index (χ1n) is 8.36. The van der Waals surface area contributed by atoms with Crippen LogP contribution in [-0.2, 0) is 11.2 Å². The van der Waals surface area contributed by atoms with E-state index < -0.39 is 6.04 Å². The Morgan fingerprint density at radius 3 is 2.40 bits per heavy atom. The van der Waals surface area contributed by atoms with Crippen molar-refractivity contribution in [2.45, 2.75) is 31.8 Å². The Kier molecular flexibility index (Phi) is 5.51. The number of hydrogen-bond acceptors (Lipinski definition) is 4. The Morgan fingerprint density at radius 1 is 1.08 bits per heavy atom. The summed E-state index contributed by atoms with van der Waals surface area (Å²) in [4.78, 5) is 12.8. The number of tetrazole rings is 1. The van der Waals surface area contributed by atoms with E-state index in [4.69, 9.17) is 0 Å². The first-order valence-corrected chi connectivity index (χ1v) is 8.36. The van der Waals surface area contributed by atoms with Crippen molar-refractivity contribution in [2.24, 2.45) is 0 Å². The summed E-state index contributed by atoms with van der Waals surface area (Å²) < 4.78 is 1.48. The molecule has 1 aromatic heterocycles. The quantitative estimate of drug-likeness (QED) is 0.719. The van der Waals surface area contributed by atoms with Gasteiger partial charge in [-0.2, -0.15) is 0 Å². The minimum atomic E-state index is -0.574. The fourth-order valence-corrected chi connectivity index (χ4v) is 2.77. The summed E-state index contributed by atoms with van der Waals surface area (Å²) >= 11 is 0. The van der Waals surface area contributed by atoms with Crippen molar-refractivity contribution in [3.63, 3.8) is 0 Å². The van der Waals surface area contributed by atoms with E-state index in [0.717, 1.165) is 18.4 Å². The molecule has 2 unspecified atom stereocenters. The van der Waals surface area contributed by atoms with Crippen LogP contribution < -0.4 is 5.32 Å². The number of aromatic nitrogens is 4. The zero-order valence-corrected chi connectivity index (χ0v) is 14.1. The molecule has 0 spiro atoms. The Bertz CT molecular complexity index is 774. The molecule has 2 aromatic carbocycles. The van der Waals surface area contributed by atoms with Gasteiger partial charge >= 0.3 is 0 Å². The summed E-state index contributed by atoms with van der Waals surface area (Å²) in [6.07, 6.45) is 3.25. The molecule has 3 rings (SSSR count). The molecule has 0 aliphatic carbocycles. The van der Waals surface area contributed by atoms with E-state index in [-0.39, 0.29) is 11.9 Å². The van der Waals surface area contributed by atoms with Crippen LogP contribution in [0.3, 0.4) is 0 Å². The highest BCUT2D eigenvalue weighted by molar-refractivity contribution is 5.83. The predicted octanol–water partition coefficient (Wildman–Crippen LogP) is 2.40. The van der Waals surface area contributed by atoms with Crippen LogP contribution in [0.1, 0.15) is 30.5 Å². The third-order valence-electron chi connectivity index (χ3n) is 4.09. The maximum absolute atomic E-state index is 12.8. The van der Waals surface area contributed by atoms with Crippen molar-refractivity contribution in [1.29, 1.82) is 0 Å². The average Bonchev–Trinajstić information content (AvgIpc) is 3.16. The number of carbonyl (C=O) groups is 1. The maximum atomic E-state index is 12.8.